The Labute approximate surface area is 158 Å². The van der Waals surface area contributed by atoms with Crippen LogP contribution in [0.2, 0.25) is 0 Å². The fourth-order valence-electron chi connectivity index (χ4n) is 3.87. The van der Waals surface area contributed by atoms with E-state index in [4.69, 9.17) is 15.2 Å². The molecule has 146 valence electrons. The van der Waals surface area contributed by atoms with Crippen LogP contribution in [-0.4, -0.2) is 24.5 Å². The number of benzene rings is 1. The molecule has 1 atom stereocenters. The Bertz CT molecular complexity index is 581. The van der Waals surface area contributed by atoms with E-state index in [9.17, 15) is 4.79 Å². The first-order valence-electron chi connectivity index (χ1n) is 10.3. The van der Waals surface area contributed by atoms with Crippen molar-refractivity contribution in [2.75, 3.05) is 13.2 Å². The van der Waals surface area contributed by atoms with Gasteiger partial charge in [0.1, 0.15) is 11.5 Å². The quantitative estimate of drug-likeness (QED) is 0.524. The molecular formula is C22H35NO3. The number of ether oxygens (including phenoxy) is 2. The van der Waals surface area contributed by atoms with Gasteiger partial charge in [0, 0.05) is 11.6 Å². The molecule has 0 aliphatic carbocycles. The first-order chi connectivity index (χ1) is 12.5. The van der Waals surface area contributed by atoms with Crippen molar-refractivity contribution in [3.8, 4) is 11.5 Å². The summed E-state index contributed by atoms with van der Waals surface area (Å²) in [6.45, 7) is 7.47. The molecule has 1 heterocycles. The van der Waals surface area contributed by atoms with Gasteiger partial charge in [-0.25, -0.2) is 0 Å². The van der Waals surface area contributed by atoms with Crippen molar-refractivity contribution in [3.05, 3.63) is 23.8 Å². The summed E-state index contributed by atoms with van der Waals surface area (Å²) in [5.74, 6) is 2.00. The van der Waals surface area contributed by atoms with Crippen LogP contribution >= 0.6 is 0 Å². The van der Waals surface area contributed by atoms with E-state index in [2.05, 4.69) is 20.8 Å². The SMILES string of the molecule is CCCCCC(CCCOc1ccc2c(c1)OCC2=O)C(N)(CC)CC. The molecule has 0 aromatic heterocycles. The first-order valence-corrected chi connectivity index (χ1v) is 10.3. The lowest BCUT2D eigenvalue weighted by Gasteiger charge is -2.36. The molecule has 0 saturated carbocycles. The van der Waals surface area contributed by atoms with Gasteiger partial charge in [0.2, 0.25) is 5.78 Å². The van der Waals surface area contributed by atoms with Gasteiger partial charge in [-0.05, 0) is 50.2 Å². The van der Waals surface area contributed by atoms with E-state index in [1.165, 1.54) is 25.7 Å². The largest absolute Gasteiger partial charge is 0.493 e. The van der Waals surface area contributed by atoms with E-state index in [0.29, 0.717) is 23.8 Å². The Balaban J connectivity index is 1.84. The van der Waals surface area contributed by atoms with Gasteiger partial charge >= 0.3 is 0 Å². The Morgan fingerprint density at radius 1 is 1.15 bits per heavy atom. The van der Waals surface area contributed by atoms with E-state index < -0.39 is 0 Å². The maximum absolute atomic E-state index is 11.6. The van der Waals surface area contributed by atoms with Crippen molar-refractivity contribution in [2.24, 2.45) is 11.7 Å². The number of carbonyl (C=O) groups is 1. The van der Waals surface area contributed by atoms with Crippen molar-refractivity contribution in [1.82, 2.24) is 0 Å². The molecule has 0 bridgehead atoms. The minimum atomic E-state index is -0.0600. The van der Waals surface area contributed by atoms with E-state index in [1.54, 1.807) is 6.07 Å². The topological polar surface area (TPSA) is 61.5 Å². The van der Waals surface area contributed by atoms with Gasteiger partial charge in [0.25, 0.3) is 0 Å². The molecule has 26 heavy (non-hydrogen) atoms. The molecule has 4 heteroatoms. The summed E-state index contributed by atoms with van der Waals surface area (Å²) in [6.07, 6.45) is 9.14. The number of fused-ring (bicyclic) bond motifs is 1. The zero-order valence-corrected chi connectivity index (χ0v) is 16.7. The lowest BCUT2D eigenvalue weighted by molar-refractivity contribution is 0.0961. The Hall–Kier alpha value is -1.55. The first kappa shape index (κ1) is 20.8. The number of unbranched alkanes of at least 4 members (excludes halogenated alkanes) is 2. The van der Waals surface area contributed by atoms with Gasteiger partial charge in [0.05, 0.1) is 12.2 Å². The second-order valence-electron chi connectivity index (χ2n) is 7.49. The van der Waals surface area contributed by atoms with Crippen LogP contribution in [0.5, 0.6) is 11.5 Å². The van der Waals surface area contributed by atoms with E-state index >= 15 is 0 Å². The predicted molar refractivity (Wildman–Crippen MR) is 106 cm³/mol. The molecule has 1 aliphatic heterocycles. The Morgan fingerprint density at radius 2 is 1.88 bits per heavy atom. The van der Waals surface area contributed by atoms with Gasteiger partial charge in [-0.3, -0.25) is 4.79 Å². The highest BCUT2D eigenvalue weighted by Gasteiger charge is 2.30. The highest BCUT2D eigenvalue weighted by molar-refractivity contribution is 6.02. The monoisotopic (exact) mass is 361 g/mol. The maximum atomic E-state index is 11.6. The van der Waals surface area contributed by atoms with Crippen molar-refractivity contribution in [1.29, 1.82) is 0 Å². The summed E-state index contributed by atoms with van der Waals surface area (Å²) in [6, 6.07) is 5.48. The third-order valence-corrected chi connectivity index (χ3v) is 5.86. The second-order valence-corrected chi connectivity index (χ2v) is 7.49. The molecule has 0 saturated heterocycles. The third-order valence-electron chi connectivity index (χ3n) is 5.86. The number of rotatable bonds is 12. The molecule has 2 N–H and O–H groups in total. The van der Waals surface area contributed by atoms with Crippen LogP contribution in [0, 0.1) is 5.92 Å². The number of hydrogen-bond acceptors (Lipinski definition) is 4. The standard InChI is InChI=1S/C22H35NO3/c1-4-7-8-10-17(22(23,5-2)6-3)11-9-14-25-18-12-13-19-20(24)16-26-21(19)15-18/h12-13,15,17H,4-11,14,16,23H2,1-3H3. The molecular weight excluding hydrogens is 326 g/mol. The third kappa shape index (κ3) is 5.23. The average Bonchev–Trinajstić information content (AvgIpc) is 3.03. The van der Waals surface area contributed by atoms with Crippen molar-refractivity contribution < 1.29 is 14.3 Å². The molecule has 1 aromatic rings. The summed E-state index contributed by atoms with van der Waals surface area (Å²) in [5, 5.41) is 0. The van der Waals surface area contributed by atoms with E-state index in [0.717, 1.165) is 31.4 Å². The summed E-state index contributed by atoms with van der Waals surface area (Å²) in [7, 11) is 0. The molecule has 2 rings (SSSR count). The smallest absolute Gasteiger partial charge is 0.203 e. The van der Waals surface area contributed by atoms with Crippen LogP contribution in [0.4, 0.5) is 0 Å². The number of Topliss-reactive ketones (excluding diaryl/α,β-unsaturated/α-hetero) is 1. The summed E-state index contributed by atoms with van der Waals surface area (Å²) >= 11 is 0. The second kappa shape index (κ2) is 9.96. The molecule has 0 amide bonds. The molecule has 1 aliphatic rings. The highest BCUT2D eigenvalue weighted by atomic mass is 16.5. The predicted octanol–water partition coefficient (Wildman–Crippen LogP) is 5.13. The van der Waals surface area contributed by atoms with Crippen LogP contribution < -0.4 is 15.2 Å². The van der Waals surface area contributed by atoms with Gasteiger partial charge in [0.15, 0.2) is 6.61 Å². The average molecular weight is 362 g/mol. The molecule has 4 nitrogen and oxygen atoms in total. The van der Waals surface area contributed by atoms with Crippen LogP contribution in [0.1, 0.15) is 82.5 Å². The van der Waals surface area contributed by atoms with Crippen molar-refractivity contribution >= 4 is 5.78 Å². The Morgan fingerprint density at radius 3 is 2.58 bits per heavy atom. The highest BCUT2D eigenvalue weighted by Crippen LogP contribution is 2.32. The van der Waals surface area contributed by atoms with Crippen LogP contribution in [-0.2, 0) is 0 Å². The zero-order chi connectivity index (χ0) is 19.0. The molecule has 1 aromatic carbocycles. The number of ketones is 1. The normalized spacial score (nSPS) is 14.8. The van der Waals surface area contributed by atoms with Crippen molar-refractivity contribution in [2.45, 2.75) is 77.7 Å². The van der Waals surface area contributed by atoms with Gasteiger partial charge in [-0.15, -0.1) is 0 Å². The van der Waals surface area contributed by atoms with Crippen LogP contribution in [0.15, 0.2) is 18.2 Å². The van der Waals surface area contributed by atoms with Gasteiger partial charge in [-0.1, -0.05) is 40.0 Å². The molecule has 0 fully saturated rings. The van der Waals surface area contributed by atoms with Gasteiger partial charge in [-0.2, -0.15) is 0 Å². The lowest BCUT2D eigenvalue weighted by Crippen LogP contribution is -2.46. The Kier molecular flexibility index (Phi) is 7.95. The summed E-state index contributed by atoms with van der Waals surface area (Å²) in [5.41, 5.74) is 7.30. The van der Waals surface area contributed by atoms with E-state index in [1.807, 2.05) is 12.1 Å². The maximum Gasteiger partial charge on any atom is 0.203 e. The summed E-state index contributed by atoms with van der Waals surface area (Å²) < 4.78 is 11.3. The number of nitrogens with two attached hydrogens (primary N) is 1. The lowest BCUT2D eigenvalue weighted by atomic mass is 9.75. The molecule has 0 radical (unpaired) electrons. The number of hydrogen-bond donors (Lipinski definition) is 1. The minimum absolute atomic E-state index is 0.0416. The fraction of sp³-hybridized carbons (Fsp3) is 0.682. The fourth-order valence-corrected chi connectivity index (χ4v) is 3.87. The molecule has 1 unspecified atom stereocenters. The minimum Gasteiger partial charge on any atom is -0.493 e. The number of carbonyl (C=O) groups excluding carboxylic acids is 1. The van der Waals surface area contributed by atoms with Gasteiger partial charge < -0.3 is 15.2 Å². The zero-order valence-electron chi connectivity index (χ0n) is 16.7. The van der Waals surface area contributed by atoms with Crippen molar-refractivity contribution in [3.63, 3.8) is 0 Å². The van der Waals surface area contributed by atoms with Crippen LogP contribution in [0.3, 0.4) is 0 Å². The summed E-state index contributed by atoms with van der Waals surface area (Å²) in [4.78, 5) is 11.6. The molecule has 0 spiro atoms. The van der Waals surface area contributed by atoms with Crippen LogP contribution in [0.25, 0.3) is 0 Å². The van der Waals surface area contributed by atoms with E-state index in [-0.39, 0.29) is 17.9 Å².